The number of alkyl halides is 1. The summed E-state index contributed by atoms with van der Waals surface area (Å²) in [4.78, 5) is 13.5. The highest BCUT2D eigenvalue weighted by atomic mass is 79.9. The second-order valence-corrected chi connectivity index (χ2v) is 6.95. The van der Waals surface area contributed by atoms with E-state index in [1.165, 1.54) is 0 Å². The van der Waals surface area contributed by atoms with Gasteiger partial charge < -0.3 is 4.98 Å². The van der Waals surface area contributed by atoms with E-state index in [0.29, 0.717) is 11.0 Å². The van der Waals surface area contributed by atoms with Crippen LogP contribution < -0.4 is 9.60 Å². The molecule has 2 N–H and O–H groups in total. The van der Waals surface area contributed by atoms with E-state index in [2.05, 4.69) is 25.6 Å². The molecule has 0 saturated carbocycles. The van der Waals surface area contributed by atoms with Gasteiger partial charge in [0.15, 0.2) is 0 Å². The number of hydrogen-bond donors (Lipinski definition) is 2. The van der Waals surface area contributed by atoms with Gasteiger partial charge in [-0.3, -0.25) is 4.79 Å². The van der Waals surface area contributed by atoms with Crippen LogP contribution in [0.4, 0.5) is 0 Å². The number of halogens is 1. The van der Waals surface area contributed by atoms with Crippen LogP contribution in [0, 0.1) is 0 Å². The molecule has 0 bridgehead atoms. The van der Waals surface area contributed by atoms with Crippen molar-refractivity contribution in [3.05, 3.63) is 50.6 Å². The van der Waals surface area contributed by atoms with Crippen LogP contribution in [0.5, 0.6) is 0 Å². The van der Waals surface area contributed by atoms with Crippen LogP contribution in [-0.2, 0) is 21.9 Å². The molecule has 2 aromatic rings. The summed E-state index contributed by atoms with van der Waals surface area (Å²) in [5.74, 6) is 0. The van der Waals surface area contributed by atoms with Crippen molar-refractivity contribution in [3.63, 3.8) is 0 Å². The fraction of sp³-hybridized carbons (Fsp3) is 0.182. The van der Waals surface area contributed by atoms with E-state index in [1.54, 1.807) is 29.6 Å². The lowest BCUT2D eigenvalue weighted by Crippen LogP contribution is -2.23. The predicted molar refractivity (Wildman–Crippen MR) is 78.0 cm³/mol. The van der Waals surface area contributed by atoms with E-state index >= 15 is 0 Å². The zero-order valence-electron chi connectivity index (χ0n) is 9.72. The Labute approximate surface area is 122 Å². The molecule has 102 valence electrons. The van der Waals surface area contributed by atoms with Crippen molar-refractivity contribution < 1.29 is 8.42 Å². The highest BCUT2D eigenvalue weighted by Crippen LogP contribution is 2.12. The van der Waals surface area contributed by atoms with Gasteiger partial charge >= 0.3 is 4.87 Å². The van der Waals surface area contributed by atoms with Gasteiger partial charge in [-0.05, 0) is 17.7 Å². The monoisotopic (exact) mass is 362 g/mol. The predicted octanol–water partition coefficient (Wildman–Crippen LogP) is 1.81. The summed E-state index contributed by atoms with van der Waals surface area (Å²) in [5, 5.41) is 2.27. The normalized spacial score (nSPS) is 11.6. The Kier molecular flexibility index (Phi) is 4.56. The number of nitrogens with one attached hydrogen (secondary N) is 2. The topological polar surface area (TPSA) is 79.0 Å². The van der Waals surface area contributed by atoms with Gasteiger partial charge in [0, 0.05) is 16.4 Å². The van der Waals surface area contributed by atoms with E-state index < -0.39 is 10.0 Å². The standard InChI is InChI=1S/C11H11BrN2O3S2/c12-5-8-1-3-10(4-2-8)19(16,17)13-6-9-7-18-11(15)14-9/h1-4,7,13H,5-6H2,(H,14,15). The van der Waals surface area contributed by atoms with E-state index in [-0.39, 0.29) is 16.3 Å². The number of thiazole rings is 1. The molecule has 5 nitrogen and oxygen atoms in total. The molecule has 1 aromatic heterocycles. The minimum Gasteiger partial charge on any atom is -0.315 e. The molecular formula is C11H11BrN2O3S2. The first-order valence-electron chi connectivity index (χ1n) is 5.32. The maximum atomic E-state index is 12.0. The summed E-state index contributed by atoms with van der Waals surface area (Å²) >= 11 is 4.30. The summed E-state index contributed by atoms with van der Waals surface area (Å²) in [6.45, 7) is 0.0707. The zero-order valence-corrected chi connectivity index (χ0v) is 12.9. The Hall–Kier alpha value is -0.960. The highest BCUT2D eigenvalue weighted by Gasteiger charge is 2.13. The molecule has 0 fully saturated rings. The number of sulfonamides is 1. The van der Waals surface area contributed by atoms with Gasteiger partial charge in [0.25, 0.3) is 0 Å². The van der Waals surface area contributed by atoms with Crippen molar-refractivity contribution in [2.24, 2.45) is 0 Å². The largest absolute Gasteiger partial charge is 0.315 e. The third-order valence-electron chi connectivity index (χ3n) is 2.41. The van der Waals surface area contributed by atoms with E-state index in [1.807, 2.05) is 0 Å². The first-order chi connectivity index (χ1) is 9.01. The molecular weight excluding hydrogens is 352 g/mol. The van der Waals surface area contributed by atoms with Crippen LogP contribution >= 0.6 is 27.3 Å². The molecule has 8 heteroatoms. The van der Waals surface area contributed by atoms with Crippen molar-refractivity contribution in [2.45, 2.75) is 16.8 Å². The van der Waals surface area contributed by atoms with Gasteiger partial charge in [0.2, 0.25) is 10.0 Å². The van der Waals surface area contributed by atoms with Crippen molar-refractivity contribution in [1.82, 2.24) is 9.71 Å². The van der Waals surface area contributed by atoms with Crippen LogP contribution in [0.2, 0.25) is 0 Å². The first kappa shape index (κ1) is 14.4. The molecule has 0 aliphatic carbocycles. The smallest absolute Gasteiger partial charge is 0.304 e. The summed E-state index contributed by atoms with van der Waals surface area (Å²) in [5.41, 5.74) is 1.55. The SMILES string of the molecule is O=c1[nH]c(CNS(=O)(=O)c2ccc(CBr)cc2)cs1. The second-order valence-electron chi connectivity index (χ2n) is 3.78. The lowest BCUT2D eigenvalue weighted by molar-refractivity contribution is 0.580. The van der Waals surface area contributed by atoms with Crippen LogP contribution in [0.25, 0.3) is 0 Å². The van der Waals surface area contributed by atoms with E-state index in [9.17, 15) is 13.2 Å². The molecule has 1 heterocycles. The van der Waals surface area contributed by atoms with Crippen LogP contribution in [0.15, 0.2) is 39.3 Å². The minimum atomic E-state index is -3.56. The summed E-state index contributed by atoms with van der Waals surface area (Å²) in [6, 6.07) is 6.59. The zero-order chi connectivity index (χ0) is 13.9. The van der Waals surface area contributed by atoms with Gasteiger partial charge in [0.1, 0.15) is 0 Å². The van der Waals surface area contributed by atoms with Gasteiger partial charge in [-0.2, -0.15) is 0 Å². The Balaban J connectivity index is 2.11. The summed E-state index contributed by atoms with van der Waals surface area (Å²) < 4.78 is 26.4. The highest BCUT2D eigenvalue weighted by molar-refractivity contribution is 9.08. The second kappa shape index (κ2) is 6.00. The molecule has 0 unspecified atom stereocenters. The third-order valence-corrected chi connectivity index (χ3v) is 5.19. The van der Waals surface area contributed by atoms with Gasteiger partial charge in [-0.1, -0.05) is 39.4 Å². The molecule has 0 atom stereocenters. The van der Waals surface area contributed by atoms with Crippen LogP contribution in [0.1, 0.15) is 11.3 Å². The number of aromatic nitrogens is 1. The van der Waals surface area contributed by atoms with Gasteiger partial charge in [0.05, 0.1) is 11.4 Å². The summed E-state index contributed by atoms with van der Waals surface area (Å²) in [6.07, 6.45) is 0. The molecule has 0 radical (unpaired) electrons. The lowest BCUT2D eigenvalue weighted by atomic mass is 10.2. The van der Waals surface area contributed by atoms with Crippen LogP contribution in [-0.4, -0.2) is 13.4 Å². The average molecular weight is 363 g/mol. The molecule has 1 aromatic carbocycles. The molecule has 19 heavy (non-hydrogen) atoms. The Morgan fingerprint density at radius 3 is 2.47 bits per heavy atom. The number of hydrogen-bond acceptors (Lipinski definition) is 4. The maximum absolute atomic E-state index is 12.0. The molecule has 0 aliphatic heterocycles. The Bertz CT molecular complexity index is 704. The molecule has 0 amide bonds. The minimum absolute atomic E-state index is 0.0707. The quantitative estimate of drug-likeness (QED) is 0.796. The number of H-pyrrole nitrogens is 1. The molecule has 0 saturated heterocycles. The van der Waals surface area contributed by atoms with Crippen molar-refractivity contribution >= 4 is 37.3 Å². The fourth-order valence-corrected chi connectivity index (χ4v) is 3.38. The third kappa shape index (κ3) is 3.75. The van der Waals surface area contributed by atoms with E-state index in [4.69, 9.17) is 0 Å². The Morgan fingerprint density at radius 2 is 1.95 bits per heavy atom. The van der Waals surface area contributed by atoms with Crippen molar-refractivity contribution in [2.75, 3.05) is 0 Å². The average Bonchev–Trinajstić information content (AvgIpc) is 2.82. The summed E-state index contributed by atoms with van der Waals surface area (Å²) in [7, 11) is -3.56. The van der Waals surface area contributed by atoms with Crippen molar-refractivity contribution in [1.29, 1.82) is 0 Å². The van der Waals surface area contributed by atoms with Crippen LogP contribution in [0.3, 0.4) is 0 Å². The van der Waals surface area contributed by atoms with Gasteiger partial charge in [-0.25, -0.2) is 13.1 Å². The van der Waals surface area contributed by atoms with E-state index in [0.717, 1.165) is 16.9 Å². The maximum Gasteiger partial charge on any atom is 0.304 e. The Morgan fingerprint density at radius 1 is 1.26 bits per heavy atom. The molecule has 0 spiro atoms. The fourth-order valence-electron chi connectivity index (χ4n) is 1.41. The molecule has 0 aliphatic rings. The lowest BCUT2D eigenvalue weighted by Gasteiger charge is -2.06. The van der Waals surface area contributed by atoms with Crippen molar-refractivity contribution in [3.8, 4) is 0 Å². The molecule has 2 rings (SSSR count). The first-order valence-corrected chi connectivity index (χ1v) is 8.81. The van der Waals surface area contributed by atoms with Gasteiger partial charge in [-0.15, -0.1) is 0 Å². The number of rotatable bonds is 5. The number of aromatic amines is 1. The number of benzene rings is 1.